The van der Waals surface area contributed by atoms with Crippen molar-refractivity contribution in [2.45, 2.75) is 30.0 Å². The van der Waals surface area contributed by atoms with Crippen LogP contribution in [0, 0.1) is 6.92 Å². The maximum Gasteiger partial charge on any atom is 0.253 e. The number of halogens is 1. The first-order chi connectivity index (χ1) is 15.3. The van der Waals surface area contributed by atoms with Gasteiger partial charge in [-0.2, -0.15) is 4.31 Å². The lowest BCUT2D eigenvalue weighted by Gasteiger charge is -2.26. The van der Waals surface area contributed by atoms with Crippen LogP contribution in [0.4, 0.5) is 5.69 Å². The third-order valence-electron chi connectivity index (χ3n) is 5.33. The Hall–Kier alpha value is -2.52. The highest BCUT2D eigenvalue weighted by molar-refractivity contribution is 7.91. The summed E-state index contributed by atoms with van der Waals surface area (Å²) in [5.41, 5.74) is 2.28. The Labute approximate surface area is 196 Å². The number of hydrogen-bond donors (Lipinski definition) is 0. The lowest BCUT2D eigenvalue weighted by Crippen LogP contribution is -2.46. The number of hydrogen-bond acceptors (Lipinski definition) is 5. The number of benzene rings is 2. The third kappa shape index (κ3) is 4.49. The van der Waals surface area contributed by atoms with Crippen molar-refractivity contribution in [1.29, 1.82) is 0 Å². The molecule has 1 aromatic heterocycles. The Kier molecular flexibility index (Phi) is 6.48. The highest BCUT2D eigenvalue weighted by atomic mass is 35.5. The second kappa shape index (κ2) is 9.15. The average molecular weight is 489 g/mol. The molecule has 0 saturated carbocycles. The second-order valence-electron chi connectivity index (χ2n) is 7.55. The van der Waals surface area contributed by atoms with Crippen molar-refractivity contribution in [2.75, 3.05) is 11.4 Å². The minimum absolute atomic E-state index is 0.0476. The van der Waals surface area contributed by atoms with Gasteiger partial charge in [-0.1, -0.05) is 47.5 Å². The molecule has 32 heavy (non-hydrogen) atoms. The van der Waals surface area contributed by atoms with Crippen molar-refractivity contribution in [3.05, 3.63) is 82.2 Å². The molecule has 2 aromatic carbocycles. The molecule has 0 N–H and O–H groups in total. The Balaban J connectivity index is 1.67. The molecule has 1 saturated heterocycles. The van der Waals surface area contributed by atoms with E-state index in [1.165, 1.54) is 6.07 Å². The van der Waals surface area contributed by atoms with Crippen molar-refractivity contribution < 1.29 is 18.0 Å². The zero-order chi connectivity index (χ0) is 22.9. The molecule has 166 valence electrons. The smallest absolute Gasteiger partial charge is 0.253 e. The summed E-state index contributed by atoms with van der Waals surface area (Å²) < 4.78 is 28.2. The highest BCUT2D eigenvalue weighted by Crippen LogP contribution is 2.31. The zero-order valence-electron chi connectivity index (χ0n) is 17.3. The van der Waals surface area contributed by atoms with Crippen LogP contribution >= 0.6 is 22.9 Å². The van der Waals surface area contributed by atoms with Gasteiger partial charge in [-0.05, 0) is 54.6 Å². The van der Waals surface area contributed by atoms with Gasteiger partial charge in [0.1, 0.15) is 10.3 Å². The summed E-state index contributed by atoms with van der Waals surface area (Å²) in [6.45, 7) is 1.96. The van der Waals surface area contributed by atoms with Crippen molar-refractivity contribution >= 4 is 50.5 Å². The predicted molar refractivity (Wildman–Crippen MR) is 125 cm³/mol. The molecule has 0 spiro atoms. The summed E-state index contributed by atoms with van der Waals surface area (Å²) >= 11 is 7.14. The molecule has 2 heterocycles. The minimum atomic E-state index is -3.97. The fraction of sp³-hybridized carbons (Fsp3) is 0.217. The molecular weight excluding hydrogens is 468 g/mol. The second-order valence-corrected chi connectivity index (χ2v) is 11.1. The quantitative estimate of drug-likeness (QED) is 0.465. The van der Waals surface area contributed by atoms with Gasteiger partial charge in [-0.15, -0.1) is 11.3 Å². The van der Waals surface area contributed by atoms with Crippen LogP contribution in [-0.4, -0.2) is 37.1 Å². The number of rotatable bonds is 7. The molecule has 1 unspecified atom stereocenters. The van der Waals surface area contributed by atoms with Crippen molar-refractivity contribution in [2.24, 2.45) is 0 Å². The first-order valence-electron chi connectivity index (χ1n) is 10.0. The molecule has 1 atom stereocenters. The number of amides is 2. The molecule has 1 aliphatic heterocycles. The van der Waals surface area contributed by atoms with Gasteiger partial charge in [0.15, 0.2) is 0 Å². The van der Waals surface area contributed by atoms with Gasteiger partial charge in [0, 0.05) is 11.6 Å². The molecule has 9 heteroatoms. The highest BCUT2D eigenvalue weighted by Gasteiger charge is 2.47. The van der Waals surface area contributed by atoms with Crippen LogP contribution in [0.15, 0.2) is 70.3 Å². The normalized spacial score (nSPS) is 16.8. The number of carbonyl (C=O) groups excluding carboxylic acids is 2. The van der Waals surface area contributed by atoms with E-state index in [9.17, 15) is 18.0 Å². The van der Waals surface area contributed by atoms with E-state index in [4.69, 9.17) is 11.6 Å². The summed E-state index contributed by atoms with van der Waals surface area (Å²) in [6.07, 6.45) is 0.153. The van der Waals surface area contributed by atoms with Gasteiger partial charge in [-0.25, -0.2) is 13.3 Å². The molecule has 4 rings (SSSR count). The number of sulfonamides is 1. The van der Waals surface area contributed by atoms with Crippen LogP contribution in [0.25, 0.3) is 0 Å². The van der Waals surface area contributed by atoms with Crippen molar-refractivity contribution in [3.63, 3.8) is 0 Å². The monoisotopic (exact) mass is 488 g/mol. The molecule has 0 bridgehead atoms. The number of imide groups is 1. The predicted octanol–water partition coefficient (Wildman–Crippen LogP) is 4.28. The third-order valence-corrected chi connectivity index (χ3v) is 8.85. The zero-order valence-corrected chi connectivity index (χ0v) is 19.7. The number of anilines is 1. The van der Waals surface area contributed by atoms with E-state index in [1.54, 1.807) is 41.8 Å². The van der Waals surface area contributed by atoms with E-state index < -0.39 is 27.9 Å². The Morgan fingerprint density at radius 2 is 1.84 bits per heavy atom. The van der Waals surface area contributed by atoms with E-state index in [0.29, 0.717) is 17.1 Å². The molecule has 1 aliphatic rings. The number of thiophene rings is 1. The molecule has 6 nitrogen and oxygen atoms in total. The molecule has 0 aliphatic carbocycles. The Morgan fingerprint density at radius 1 is 1.09 bits per heavy atom. The van der Waals surface area contributed by atoms with Gasteiger partial charge in [-0.3, -0.25) is 9.59 Å². The molecule has 1 fully saturated rings. The van der Waals surface area contributed by atoms with Gasteiger partial charge < -0.3 is 0 Å². The van der Waals surface area contributed by atoms with E-state index in [-0.39, 0.29) is 17.2 Å². The van der Waals surface area contributed by atoms with Crippen molar-refractivity contribution in [1.82, 2.24) is 4.31 Å². The van der Waals surface area contributed by atoms with Crippen LogP contribution in [-0.2, 0) is 26.0 Å². The summed E-state index contributed by atoms with van der Waals surface area (Å²) in [4.78, 5) is 27.2. The summed E-state index contributed by atoms with van der Waals surface area (Å²) in [5.74, 6) is -0.955. The summed E-state index contributed by atoms with van der Waals surface area (Å²) in [6, 6.07) is 16.2. The average Bonchev–Trinajstić information content (AvgIpc) is 3.39. The summed E-state index contributed by atoms with van der Waals surface area (Å²) in [7, 11) is -3.97. The maximum absolute atomic E-state index is 13.4. The largest absolute Gasteiger partial charge is 0.274 e. The molecule has 3 aromatic rings. The Morgan fingerprint density at radius 3 is 2.50 bits per heavy atom. The maximum atomic E-state index is 13.4. The first kappa shape index (κ1) is 22.7. The first-order valence-corrected chi connectivity index (χ1v) is 12.7. The fourth-order valence-corrected chi connectivity index (χ4v) is 6.62. The lowest BCUT2D eigenvalue weighted by molar-refractivity contribution is -0.122. The van der Waals surface area contributed by atoms with E-state index in [2.05, 4.69) is 0 Å². The minimum Gasteiger partial charge on any atom is -0.274 e. The standard InChI is InChI=1S/C23H21ClN2O4S2/c1-16-7-9-19(10-8-16)26-21(27)15-20(23(26)28)25(32(29,30)22-6-3-13-31-22)12-11-17-4-2-5-18(24)14-17/h2-10,13-14,20H,11-12,15H2,1H3. The van der Waals surface area contributed by atoms with E-state index >= 15 is 0 Å². The Bertz CT molecular complexity index is 1240. The fourth-order valence-electron chi connectivity index (χ4n) is 3.71. The van der Waals surface area contributed by atoms with Crippen LogP contribution in [0.1, 0.15) is 17.5 Å². The number of carbonyl (C=O) groups is 2. The number of nitrogens with zero attached hydrogens (tertiary/aromatic N) is 2. The summed E-state index contributed by atoms with van der Waals surface area (Å²) in [5, 5.41) is 2.22. The van der Waals surface area contributed by atoms with Crippen molar-refractivity contribution in [3.8, 4) is 0 Å². The lowest BCUT2D eigenvalue weighted by atomic mass is 10.1. The molecular formula is C23H21ClN2O4S2. The van der Waals surface area contributed by atoms with Gasteiger partial charge in [0.05, 0.1) is 12.1 Å². The van der Waals surface area contributed by atoms with Gasteiger partial charge >= 0.3 is 0 Å². The van der Waals surface area contributed by atoms with E-state index in [1.807, 2.05) is 25.1 Å². The van der Waals surface area contributed by atoms with Crippen LogP contribution < -0.4 is 4.90 Å². The van der Waals surface area contributed by atoms with Crippen LogP contribution in [0.5, 0.6) is 0 Å². The molecule has 2 amide bonds. The van der Waals surface area contributed by atoms with Gasteiger partial charge in [0.2, 0.25) is 5.91 Å². The van der Waals surface area contributed by atoms with Gasteiger partial charge in [0.25, 0.3) is 15.9 Å². The van der Waals surface area contributed by atoms with Crippen LogP contribution in [0.3, 0.4) is 0 Å². The topological polar surface area (TPSA) is 74.8 Å². The SMILES string of the molecule is Cc1ccc(N2C(=O)CC(N(CCc3cccc(Cl)c3)S(=O)(=O)c3cccs3)C2=O)cc1. The molecule has 0 radical (unpaired) electrons. The van der Waals surface area contributed by atoms with Crippen LogP contribution in [0.2, 0.25) is 5.02 Å². The van der Waals surface area contributed by atoms with E-state index in [0.717, 1.165) is 31.7 Å². The number of aryl methyl sites for hydroxylation is 1.